The standard InChI is InChI=1S/C15H26N2O/c1-4-5-6-7-8-12(2)17-13-9-10-14(16)15(11-13)18-3/h9-12,17H,4-8,16H2,1-3H3. The van der Waals surface area contributed by atoms with Crippen molar-refractivity contribution in [1.29, 1.82) is 0 Å². The zero-order valence-electron chi connectivity index (χ0n) is 11.8. The SMILES string of the molecule is CCCCCCC(C)Nc1ccc(N)c(OC)c1. The van der Waals surface area contributed by atoms with Gasteiger partial charge < -0.3 is 15.8 Å². The second-order valence-electron chi connectivity index (χ2n) is 4.85. The second-order valence-corrected chi connectivity index (χ2v) is 4.85. The smallest absolute Gasteiger partial charge is 0.143 e. The van der Waals surface area contributed by atoms with Crippen LogP contribution in [0.15, 0.2) is 18.2 Å². The highest BCUT2D eigenvalue weighted by atomic mass is 16.5. The summed E-state index contributed by atoms with van der Waals surface area (Å²) in [4.78, 5) is 0. The highest BCUT2D eigenvalue weighted by Gasteiger charge is 2.04. The lowest BCUT2D eigenvalue weighted by Crippen LogP contribution is -2.14. The van der Waals surface area contributed by atoms with Crippen LogP contribution >= 0.6 is 0 Å². The van der Waals surface area contributed by atoms with Gasteiger partial charge in [-0.25, -0.2) is 0 Å². The summed E-state index contributed by atoms with van der Waals surface area (Å²) >= 11 is 0. The zero-order chi connectivity index (χ0) is 13.4. The Bertz CT molecular complexity index is 352. The molecule has 1 unspecified atom stereocenters. The molecule has 1 rings (SSSR count). The van der Waals surface area contributed by atoms with E-state index in [9.17, 15) is 0 Å². The first-order valence-corrected chi connectivity index (χ1v) is 6.87. The molecule has 0 aliphatic heterocycles. The molecule has 18 heavy (non-hydrogen) atoms. The molecule has 0 aliphatic rings. The summed E-state index contributed by atoms with van der Waals surface area (Å²) in [7, 11) is 1.64. The van der Waals surface area contributed by atoms with Crippen molar-refractivity contribution in [2.24, 2.45) is 0 Å². The first kappa shape index (κ1) is 14.7. The van der Waals surface area contributed by atoms with Crippen LogP contribution in [0, 0.1) is 0 Å². The molecule has 1 aromatic rings. The monoisotopic (exact) mass is 250 g/mol. The van der Waals surface area contributed by atoms with Gasteiger partial charge in [0.2, 0.25) is 0 Å². The molecule has 0 radical (unpaired) electrons. The molecule has 0 heterocycles. The largest absolute Gasteiger partial charge is 0.495 e. The van der Waals surface area contributed by atoms with Gasteiger partial charge in [-0.05, 0) is 25.5 Å². The fraction of sp³-hybridized carbons (Fsp3) is 0.600. The molecule has 0 saturated heterocycles. The second kappa shape index (κ2) is 7.85. The molecule has 0 fully saturated rings. The van der Waals surface area contributed by atoms with E-state index >= 15 is 0 Å². The molecular weight excluding hydrogens is 224 g/mol. The van der Waals surface area contributed by atoms with Gasteiger partial charge >= 0.3 is 0 Å². The van der Waals surface area contributed by atoms with Crippen molar-refractivity contribution < 1.29 is 4.74 Å². The third-order valence-corrected chi connectivity index (χ3v) is 3.14. The molecule has 0 saturated carbocycles. The normalized spacial score (nSPS) is 12.2. The van der Waals surface area contributed by atoms with Crippen molar-refractivity contribution in [1.82, 2.24) is 0 Å². The van der Waals surface area contributed by atoms with Crippen molar-refractivity contribution >= 4 is 11.4 Å². The molecular formula is C15H26N2O. The third-order valence-electron chi connectivity index (χ3n) is 3.14. The molecule has 1 aromatic carbocycles. The Morgan fingerprint density at radius 3 is 2.72 bits per heavy atom. The van der Waals surface area contributed by atoms with Gasteiger partial charge in [0.15, 0.2) is 0 Å². The molecule has 0 spiro atoms. The Morgan fingerprint density at radius 1 is 1.28 bits per heavy atom. The maximum Gasteiger partial charge on any atom is 0.143 e. The molecule has 1 atom stereocenters. The fourth-order valence-electron chi connectivity index (χ4n) is 2.03. The Hall–Kier alpha value is -1.38. The molecule has 0 aliphatic carbocycles. The van der Waals surface area contributed by atoms with E-state index in [1.165, 1.54) is 32.1 Å². The minimum atomic E-state index is 0.482. The topological polar surface area (TPSA) is 47.3 Å². The molecule has 0 bridgehead atoms. The molecule has 0 amide bonds. The number of ether oxygens (including phenoxy) is 1. The van der Waals surface area contributed by atoms with E-state index in [0.29, 0.717) is 11.7 Å². The van der Waals surface area contributed by atoms with E-state index in [1.54, 1.807) is 7.11 Å². The van der Waals surface area contributed by atoms with Crippen LogP contribution in [0.3, 0.4) is 0 Å². The number of nitrogens with one attached hydrogen (secondary N) is 1. The quantitative estimate of drug-likeness (QED) is 0.540. The van der Waals surface area contributed by atoms with Gasteiger partial charge in [0, 0.05) is 17.8 Å². The summed E-state index contributed by atoms with van der Waals surface area (Å²) in [6.45, 7) is 4.46. The Balaban J connectivity index is 2.41. The van der Waals surface area contributed by atoms with Gasteiger partial charge in [-0.3, -0.25) is 0 Å². The van der Waals surface area contributed by atoms with Gasteiger partial charge in [-0.1, -0.05) is 32.6 Å². The number of anilines is 2. The van der Waals surface area contributed by atoms with Crippen LogP contribution in [0.4, 0.5) is 11.4 Å². The van der Waals surface area contributed by atoms with Crippen LogP contribution in [0.1, 0.15) is 46.0 Å². The molecule has 102 valence electrons. The summed E-state index contributed by atoms with van der Waals surface area (Å²) in [5.74, 6) is 0.734. The minimum absolute atomic E-state index is 0.482. The van der Waals surface area contributed by atoms with E-state index in [2.05, 4.69) is 19.2 Å². The summed E-state index contributed by atoms with van der Waals surface area (Å²) in [6, 6.07) is 6.32. The van der Waals surface area contributed by atoms with Crippen LogP contribution in [0.25, 0.3) is 0 Å². The van der Waals surface area contributed by atoms with E-state index in [4.69, 9.17) is 10.5 Å². The average molecular weight is 250 g/mol. The Kier molecular flexibility index (Phi) is 6.40. The Labute approximate surface area is 111 Å². The van der Waals surface area contributed by atoms with E-state index < -0.39 is 0 Å². The van der Waals surface area contributed by atoms with Crippen LogP contribution in [0.2, 0.25) is 0 Å². The number of nitrogen functional groups attached to an aromatic ring is 1. The average Bonchev–Trinajstić information content (AvgIpc) is 2.37. The van der Waals surface area contributed by atoms with E-state index in [0.717, 1.165) is 11.4 Å². The zero-order valence-corrected chi connectivity index (χ0v) is 11.8. The molecule has 3 heteroatoms. The summed E-state index contributed by atoms with van der Waals surface area (Å²) in [5.41, 5.74) is 7.54. The van der Waals surface area contributed by atoms with Gasteiger partial charge in [-0.15, -0.1) is 0 Å². The van der Waals surface area contributed by atoms with Crippen LogP contribution in [-0.4, -0.2) is 13.2 Å². The Morgan fingerprint density at radius 2 is 2.06 bits per heavy atom. The predicted molar refractivity (Wildman–Crippen MR) is 79.3 cm³/mol. The number of hydrogen-bond donors (Lipinski definition) is 2. The molecule has 3 N–H and O–H groups in total. The third kappa shape index (κ3) is 4.86. The lowest BCUT2D eigenvalue weighted by molar-refractivity contribution is 0.417. The van der Waals surface area contributed by atoms with Crippen molar-refractivity contribution in [2.45, 2.75) is 52.0 Å². The number of rotatable bonds is 8. The van der Waals surface area contributed by atoms with E-state index in [-0.39, 0.29) is 0 Å². The van der Waals surface area contributed by atoms with Crippen LogP contribution in [-0.2, 0) is 0 Å². The fourth-order valence-corrected chi connectivity index (χ4v) is 2.03. The van der Waals surface area contributed by atoms with Crippen molar-refractivity contribution in [2.75, 3.05) is 18.2 Å². The summed E-state index contributed by atoms with van der Waals surface area (Å²) in [6.07, 6.45) is 6.44. The molecule has 3 nitrogen and oxygen atoms in total. The van der Waals surface area contributed by atoms with Crippen molar-refractivity contribution in [3.05, 3.63) is 18.2 Å². The highest BCUT2D eigenvalue weighted by Crippen LogP contribution is 2.25. The maximum absolute atomic E-state index is 5.79. The summed E-state index contributed by atoms with van der Waals surface area (Å²) in [5, 5.41) is 3.49. The first-order chi connectivity index (χ1) is 8.67. The lowest BCUT2D eigenvalue weighted by atomic mass is 10.1. The van der Waals surface area contributed by atoms with Crippen LogP contribution < -0.4 is 15.8 Å². The first-order valence-electron chi connectivity index (χ1n) is 6.87. The van der Waals surface area contributed by atoms with Gasteiger partial charge in [0.1, 0.15) is 5.75 Å². The number of benzene rings is 1. The van der Waals surface area contributed by atoms with Crippen molar-refractivity contribution in [3.63, 3.8) is 0 Å². The highest BCUT2D eigenvalue weighted by molar-refractivity contribution is 5.61. The lowest BCUT2D eigenvalue weighted by Gasteiger charge is -2.16. The van der Waals surface area contributed by atoms with Gasteiger partial charge in [0.05, 0.1) is 12.8 Å². The number of hydrogen-bond acceptors (Lipinski definition) is 3. The maximum atomic E-state index is 5.79. The minimum Gasteiger partial charge on any atom is -0.495 e. The predicted octanol–water partition coefficient (Wildman–Crippen LogP) is 4.05. The summed E-state index contributed by atoms with van der Waals surface area (Å²) < 4.78 is 5.22. The number of nitrogens with two attached hydrogens (primary N) is 1. The molecule has 0 aromatic heterocycles. The number of unbranched alkanes of at least 4 members (excludes halogenated alkanes) is 3. The number of methoxy groups -OCH3 is 1. The van der Waals surface area contributed by atoms with Crippen molar-refractivity contribution in [3.8, 4) is 5.75 Å². The van der Waals surface area contributed by atoms with Gasteiger partial charge in [0.25, 0.3) is 0 Å². The van der Waals surface area contributed by atoms with E-state index in [1.807, 2.05) is 18.2 Å². The van der Waals surface area contributed by atoms with Crippen LogP contribution in [0.5, 0.6) is 5.75 Å². The van der Waals surface area contributed by atoms with Gasteiger partial charge in [-0.2, -0.15) is 0 Å².